The number of nitrogens with one attached hydrogen (secondary N) is 1. The monoisotopic (exact) mass is 319 g/mol. The molecular formula is C16H18FN3O3. The van der Waals surface area contributed by atoms with Crippen molar-refractivity contribution < 1.29 is 19.1 Å². The minimum absolute atomic E-state index is 0.207. The Hall–Kier alpha value is -2.70. The molecule has 7 heteroatoms. The normalized spacial score (nSPS) is 13.4. The lowest BCUT2D eigenvalue weighted by Gasteiger charge is -2.17. The maximum Gasteiger partial charge on any atom is 0.308 e. The molecule has 0 aliphatic rings. The highest BCUT2D eigenvalue weighted by Crippen LogP contribution is 2.13. The van der Waals surface area contributed by atoms with Crippen LogP contribution in [0.25, 0.3) is 5.69 Å². The quantitative estimate of drug-likeness (QED) is 0.884. The van der Waals surface area contributed by atoms with Gasteiger partial charge < -0.3 is 10.4 Å². The van der Waals surface area contributed by atoms with Gasteiger partial charge in [-0.3, -0.25) is 9.59 Å². The molecule has 2 atom stereocenters. The first-order valence-electron chi connectivity index (χ1n) is 7.15. The average Bonchev–Trinajstić information content (AvgIpc) is 2.89. The van der Waals surface area contributed by atoms with Gasteiger partial charge in [0.15, 0.2) is 5.69 Å². The fourth-order valence-corrected chi connectivity index (χ4v) is 2.02. The Morgan fingerprint density at radius 2 is 1.87 bits per heavy atom. The van der Waals surface area contributed by atoms with Gasteiger partial charge in [0.1, 0.15) is 5.82 Å². The van der Waals surface area contributed by atoms with Gasteiger partial charge >= 0.3 is 5.97 Å². The van der Waals surface area contributed by atoms with E-state index in [9.17, 15) is 14.0 Å². The summed E-state index contributed by atoms with van der Waals surface area (Å²) in [5, 5.41) is 15.8. The highest BCUT2D eigenvalue weighted by atomic mass is 19.1. The Balaban J connectivity index is 2.19. The molecule has 0 fully saturated rings. The number of hydrogen-bond acceptors (Lipinski definition) is 3. The van der Waals surface area contributed by atoms with Crippen molar-refractivity contribution in [3.63, 3.8) is 0 Å². The number of amides is 1. The van der Waals surface area contributed by atoms with Crippen LogP contribution in [-0.2, 0) is 4.79 Å². The number of carboxylic acid groups (broad SMARTS) is 1. The van der Waals surface area contributed by atoms with E-state index in [0.29, 0.717) is 11.3 Å². The van der Waals surface area contributed by atoms with E-state index in [2.05, 4.69) is 10.4 Å². The second kappa shape index (κ2) is 6.60. The number of benzene rings is 1. The van der Waals surface area contributed by atoms with Crippen molar-refractivity contribution in [1.29, 1.82) is 0 Å². The Morgan fingerprint density at radius 3 is 2.43 bits per heavy atom. The van der Waals surface area contributed by atoms with E-state index in [1.165, 1.54) is 23.7 Å². The number of aryl methyl sites for hydroxylation is 1. The molecule has 2 unspecified atom stereocenters. The lowest BCUT2D eigenvalue weighted by Crippen LogP contribution is -2.40. The van der Waals surface area contributed by atoms with Crippen LogP contribution in [0.1, 0.15) is 29.9 Å². The molecule has 2 aromatic rings. The van der Waals surface area contributed by atoms with Crippen molar-refractivity contribution in [1.82, 2.24) is 15.1 Å². The molecular weight excluding hydrogens is 301 g/mol. The topological polar surface area (TPSA) is 84.2 Å². The van der Waals surface area contributed by atoms with Crippen LogP contribution >= 0.6 is 0 Å². The summed E-state index contributed by atoms with van der Waals surface area (Å²) in [6.45, 7) is 4.88. The second-order valence-corrected chi connectivity index (χ2v) is 5.47. The van der Waals surface area contributed by atoms with Crippen LogP contribution in [0.5, 0.6) is 0 Å². The summed E-state index contributed by atoms with van der Waals surface area (Å²) in [5.74, 6) is -2.49. The molecule has 0 aliphatic heterocycles. The number of aliphatic carboxylic acids is 1. The van der Waals surface area contributed by atoms with Gasteiger partial charge in [0.25, 0.3) is 5.91 Å². The van der Waals surface area contributed by atoms with Gasteiger partial charge in [0.05, 0.1) is 11.6 Å². The number of hydrogen-bond donors (Lipinski definition) is 2. The smallest absolute Gasteiger partial charge is 0.308 e. The standard InChI is InChI=1S/C16H18FN3O3/c1-9-8-20(13-6-4-12(17)5-7-13)19-14(9)15(21)18-11(3)10(2)16(22)23/h4-8,10-11H,1-3H3,(H,18,21)(H,22,23). The highest BCUT2D eigenvalue weighted by molar-refractivity contribution is 5.94. The van der Waals surface area contributed by atoms with E-state index < -0.39 is 23.8 Å². The predicted octanol–water partition coefficient (Wildman–Crippen LogP) is 2.16. The van der Waals surface area contributed by atoms with Crippen LogP contribution in [0.3, 0.4) is 0 Å². The van der Waals surface area contributed by atoms with Crippen LogP contribution in [0.2, 0.25) is 0 Å². The third kappa shape index (κ3) is 3.74. The molecule has 1 heterocycles. The molecule has 0 saturated carbocycles. The van der Waals surface area contributed by atoms with E-state index in [1.807, 2.05) is 0 Å². The average molecular weight is 319 g/mol. The molecule has 0 spiro atoms. The maximum absolute atomic E-state index is 13.0. The zero-order valence-electron chi connectivity index (χ0n) is 13.1. The second-order valence-electron chi connectivity index (χ2n) is 5.47. The van der Waals surface area contributed by atoms with E-state index in [0.717, 1.165) is 0 Å². The molecule has 0 radical (unpaired) electrons. The molecule has 122 valence electrons. The number of halogens is 1. The summed E-state index contributed by atoms with van der Waals surface area (Å²) in [5.41, 5.74) is 1.47. The summed E-state index contributed by atoms with van der Waals surface area (Å²) in [6, 6.07) is 5.19. The number of carbonyl (C=O) groups excluding carboxylic acids is 1. The molecule has 1 aromatic heterocycles. The van der Waals surface area contributed by atoms with Crippen molar-refractivity contribution in [3.8, 4) is 5.69 Å². The molecule has 0 saturated heterocycles. The number of rotatable bonds is 5. The van der Waals surface area contributed by atoms with Gasteiger partial charge in [-0.1, -0.05) is 0 Å². The fourth-order valence-electron chi connectivity index (χ4n) is 2.02. The Bertz CT molecular complexity index is 725. The van der Waals surface area contributed by atoms with E-state index in [4.69, 9.17) is 5.11 Å². The molecule has 2 N–H and O–H groups in total. The molecule has 1 aromatic carbocycles. The van der Waals surface area contributed by atoms with Crippen LogP contribution in [0.4, 0.5) is 4.39 Å². The first-order valence-corrected chi connectivity index (χ1v) is 7.15. The third-order valence-corrected chi connectivity index (χ3v) is 3.70. The fraction of sp³-hybridized carbons (Fsp3) is 0.312. The SMILES string of the molecule is Cc1cn(-c2ccc(F)cc2)nc1C(=O)NC(C)C(C)C(=O)O. The van der Waals surface area contributed by atoms with E-state index in [1.54, 1.807) is 32.2 Å². The van der Waals surface area contributed by atoms with Crippen LogP contribution in [0, 0.1) is 18.7 Å². The van der Waals surface area contributed by atoms with Gasteiger partial charge in [-0.05, 0) is 45.0 Å². The van der Waals surface area contributed by atoms with Gasteiger partial charge in [0, 0.05) is 17.8 Å². The highest BCUT2D eigenvalue weighted by Gasteiger charge is 2.23. The Morgan fingerprint density at radius 1 is 1.26 bits per heavy atom. The van der Waals surface area contributed by atoms with Crippen LogP contribution in [-0.4, -0.2) is 32.8 Å². The first-order chi connectivity index (χ1) is 10.8. The van der Waals surface area contributed by atoms with E-state index in [-0.39, 0.29) is 11.5 Å². The molecule has 1 amide bonds. The van der Waals surface area contributed by atoms with Crippen molar-refractivity contribution >= 4 is 11.9 Å². The lowest BCUT2D eigenvalue weighted by molar-refractivity contribution is -0.141. The Labute approximate surface area is 132 Å². The summed E-state index contributed by atoms with van der Waals surface area (Å²) in [4.78, 5) is 23.2. The maximum atomic E-state index is 13.0. The zero-order chi connectivity index (χ0) is 17.1. The number of carbonyl (C=O) groups is 2. The summed E-state index contributed by atoms with van der Waals surface area (Å²) >= 11 is 0. The van der Waals surface area contributed by atoms with Crippen molar-refractivity contribution in [2.75, 3.05) is 0 Å². The third-order valence-electron chi connectivity index (χ3n) is 3.70. The van der Waals surface area contributed by atoms with Crippen molar-refractivity contribution in [3.05, 3.63) is 47.5 Å². The predicted molar refractivity (Wildman–Crippen MR) is 82.0 cm³/mol. The number of nitrogens with zero attached hydrogens (tertiary/aromatic N) is 2. The van der Waals surface area contributed by atoms with Crippen LogP contribution in [0.15, 0.2) is 30.5 Å². The summed E-state index contributed by atoms with van der Waals surface area (Å²) < 4.78 is 14.4. The minimum atomic E-state index is -0.980. The molecule has 23 heavy (non-hydrogen) atoms. The summed E-state index contributed by atoms with van der Waals surface area (Å²) in [6.07, 6.45) is 1.66. The van der Waals surface area contributed by atoms with Crippen LogP contribution < -0.4 is 5.32 Å². The first kappa shape index (κ1) is 16.7. The van der Waals surface area contributed by atoms with Gasteiger partial charge in [-0.2, -0.15) is 5.10 Å². The van der Waals surface area contributed by atoms with Gasteiger partial charge in [-0.25, -0.2) is 9.07 Å². The summed E-state index contributed by atoms with van der Waals surface area (Å²) in [7, 11) is 0. The lowest BCUT2D eigenvalue weighted by atomic mass is 10.0. The number of carboxylic acids is 1. The largest absolute Gasteiger partial charge is 0.481 e. The van der Waals surface area contributed by atoms with Gasteiger partial charge in [-0.15, -0.1) is 0 Å². The van der Waals surface area contributed by atoms with Crippen molar-refractivity contribution in [2.24, 2.45) is 5.92 Å². The van der Waals surface area contributed by atoms with Crippen molar-refractivity contribution in [2.45, 2.75) is 26.8 Å². The Kier molecular flexibility index (Phi) is 4.78. The zero-order valence-corrected chi connectivity index (χ0v) is 13.1. The van der Waals surface area contributed by atoms with Gasteiger partial charge in [0.2, 0.25) is 0 Å². The molecule has 0 aliphatic carbocycles. The molecule has 2 rings (SSSR count). The number of aromatic nitrogens is 2. The van der Waals surface area contributed by atoms with E-state index >= 15 is 0 Å². The molecule has 6 nitrogen and oxygen atoms in total. The minimum Gasteiger partial charge on any atom is -0.481 e. The molecule has 0 bridgehead atoms.